The van der Waals surface area contributed by atoms with E-state index in [0.29, 0.717) is 31.5 Å². The van der Waals surface area contributed by atoms with Gasteiger partial charge in [-0.05, 0) is 45.8 Å². The van der Waals surface area contributed by atoms with Gasteiger partial charge in [0.05, 0.1) is 0 Å². The van der Waals surface area contributed by atoms with E-state index in [-0.39, 0.29) is 23.8 Å². The second kappa shape index (κ2) is 9.52. The highest BCUT2D eigenvalue weighted by Gasteiger charge is 2.27. The van der Waals surface area contributed by atoms with E-state index in [4.69, 9.17) is 4.74 Å². The lowest BCUT2D eigenvalue weighted by atomic mass is 10.1. The zero-order valence-corrected chi connectivity index (χ0v) is 16.3. The van der Waals surface area contributed by atoms with Crippen molar-refractivity contribution in [2.75, 3.05) is 13.1 Å². The monoisotopic (exact) mass is 396 g/mol. The van der Waals surface area contributed by atoms with Gasteiger partial charge in [-0.3, -0.25) is 4.79 Å². The Labute approximate surface area is 163 Å². The maximum atomic E-state index is 12.4. The van der Waals surface area contributed by atoms with Crippen LogP contribution in [0.25, 0.3) is 6.08 Å². The number of hydrogen-bond acceptors (Lipinski definition) is 4. The summed E-state index contributed by atoms with van der Waals surface area (Å²) in [4.78, 5) is 25.8. The molecule has 2 rings (SSSR count). The molecule has 0 radical (unpaired) electrons. The number of likely N-dealkylation sites (tertiary alicyclic amines) is 1. The van der Waals surface area contributed by atoms with Crippen molar-refractivity contribution in [3.8, 4) is 5.75 Å². The molecule has 6 nitrogen and oxygen atoms in total. The van der Waals surface area contributed by atoms with Gasteiger partial charge in [0.1, 0.15) is 11.4 Å². The molecule has 0 saturated carbocycles. The smallest absolute Gasteiger partial charge is 0.410 e. The van der Waals surface area contributed by atoms with Crippen LogP contribution in [0.5, 0.6) is 5.75 Å². The second-order valence-corrected chi connectivity index (χ2v) is 7.50. The summed E-state index contributed by atoms with van der Waals surface area (Å²) >= 11 is 0. The minimum absolute atomic E-state index is 0.00668. The van der Waals surface area contributed by atoms with E-state index in [9.17, 15) is 18.4 Å². The van der Waals surface area contributed by atoms with Gasteiger partial charge >= 0.3 is 12.7 Å². The fourth-order valence-electron chi connectivity index (χ4n) is 2.77. The van der Waals surface area contributed by atoms with Gasteiger partial charge in [-0.1, -0.05) is 18.2 Å². The Balaban J connectivity index is 1.84. The Morgan fingerprint density at radius 2 is 1.86 bits per heavy atom. The number of hydrogen-bond donors (Lipinski definition) is 1. The first-order valence-corrected chi connectivity index (χ1v) is 9.14. The number of nitrogens with zero attached hydrogens (tertiary/aromatic N) is 1. The van der Waals surface area contributed by atoms with Crippen LogP contribution in [0.1, 0.15) is 39.2 Å². The highest BCUT2D eigenvalue weighted by molar-refractivity contribution is 5.92. The normalized spacial score (nSPS) is 15.7. The molecular formula is C20H26F2N2O4. The molecule has 0 spiro atoms. The van der Waals surface area contributed by atoms with Crippen LogP contribution < -0.4 is 10.1 Å². The summed E-state index contributed by atoms with van der Waals surface area (Å²) in [5.74, 6) is -0.324. The molecule has 1 aliphatic rings. The van der Waals surface area contributed by atoms with Crippen LogP contribution >= 0.6 is 0 Å². The molecule has 0 atom stereocenters. The zero-order valence-electron chi connectivity index (χ0n) is 16.3. The molecule has 8 heteroatoms. The Bertz CT molecular complexity index is 708. The molecule has 0 unspecified atom stereocenters. The Hall–Kier alpha value is -2.64. The summed E-state index contributed by atoms with van der Waals surface area (Å²) in [6.07, 6.45) is 3.60. The average Bonchev–Trinajstić information content (AvgIpc) is 2.59. The third kappa shape index (κ3) is 7.17. The van der Waals surface area contributed by atoms with Gasteiger partial charge in [-0.2, -0.15) is 8.78 Å². The van der Waals surface area contributed by atoms with E-state index in [1.807, 2.05) is 20.8 Å². The first-order valence-electron chi connectivity index (χ1n) is 9.14. The number of piperidine rings is 1. The van der Waals surface area contributed by atoms with Gasteiger partial charge in [0, 0.05) is 30.8 Å². The molecule has 1 heterocycles. The van der Waals surface area contributed by atoms with E-state index in [2.05, 4.69) is 10.1 Å². The van der Waals surface area contributed by atoms with E-state index in [1.54, 1.807) is 23.1 Å². The Morgan fingerprint density at radius 1 is 1.21 bits per heavy atom. The summed E-state index contributed by atoms with van der Waals surface area (Å²) in [6.45, 7) is 3.50. The number of amides is 2. The molecule has 0 aliphatic carbocycles. The molecule has 1 N–H and O–H groups in total. The van der Waals surface area contributed by atoms with Gasteiger partial charge in [-0.15, -0.1) is 0 Å². The maximum absolute atomic E-state index is 12.4. The molecule has 1 aromatic carbocycles. The van der Waals surface area contributed by atoms with Crippen molar-refractivity contribution in [3.63, 3.8) is 0 Å². The van der Waals surface area contributed by atoms with Crippen LogP contribution in [-0.4, -0.2) is 48.2 Å². The zero-order chi connectivity index (χ0) is 20.7. The molecule has 1 aromatic rings. The fourth-order valence-corrected chi connectivity index (χ4v) is 2.77. The highest BCUT2D eigenvalue weighted by atomic mass is 19.3. The Kier molecular flexibility index (Phi) is 7.37. The third-order valence-electron chi connectivity index (χ3n) is 4.04. The predicted octanol–water partition coefficient (Wildman–Crippen LogP) is 3.82. The first-order chi connectivity index (χ1) is 13.1. The molecule has 2 amide bonds. The van der Waals surface area contributed by atoms with E-state index < -0.39 is 12.2 Å². The lowest BCUT2D eigenvalue weighted by molar-refractivity contribution is -0.117. The van der Waals surface area contributed by atoms with Crippen molar-refractivity contribution in [1.82, 2.24) is 10.2 Å². The summed E-state index contributed by atoms with van der Waals surface area (Å²) in [5.41, 5.74) is -0.158. The minimum Gasteiger partial charge on any atom is -0.444 e. The number of halogens is 2. The molecule has 0 aromatic heterocycles. The van der Waals surface area contributed by atoms with Crippen LogP contribution in [0.15, 0.2) is 30.3 Å². The molecule has 1 fully saturated rings. The maximum Gasteiger partial charge on any atom is 0.410 e. The Morgan fingerprint density at radius 3 is 2.46 bits per heavy atom. The molecule has 0 bridgehead atoms. The SMILES string of the molecule is CC(C)(C)OC(=O)N1CCC(NC(=O)C=Cc2ccccc2OC(F)F)CC1. The number of carbonyl (C=O) groups is 2. The lowest BCUT2D eigenvalue weighted by Gasteiger charge is -2.33. The van der Waals surface area contributed by atoms with Crippen molar-refractivity contribution in [2.45, 2.75) is 51.9 Å². The number of alkyl halides is 2. The van der Waals surface area contributed by atoms with E-state index in [0.717, 1.165) is 0 Å². The fraction of sp³-hybridized carbons (Fsp3) is 0.500. The average molecular weight is 396 g/mol. The van der Waals surface area contributed by atoms with E-state index in [1.165, 1.54) is 18.2 Å². The lowest BCUT2D eigenvalue weighted by Crippen LogP contribution is -2.47. The van der Waals surface area contributed by atoms with Gasteiger partial charge in [-0.25, -0.2) is 4.79 Å². The van der Waals surface area contributed by atoms with Gasteiger partial charge in [0.25, 0.3) is 0 Å². The van der Waals surface area contributed by atoms with Crippen molar-refractivity contribution in [2.24, 2.45) is 0 Å². The number of benzene rings is 1. The van der Waals surface area contributed by atoms with Gasteiger partial charge in [0.2, 0.25) is 5.91 Å². The molecule has 1 aliphatic heterocycles. The number of carbonyl (C=O) groups excluding carboxylic acids is 2. The van der Waals surface area contributed by atoms with Gasteiger partial charge in [0.15, 0.2) is 0 Å². The summed E-state index contributed by atoms with van der Waals surface area (Å²) in [7, 11) is 0. The summed E-state index contributed by atoms with van der Waals surface area (Å²) in [6, 6.07) is 6.18. The number of para-hydroxylation sites is 1. The topological polar surface area (TPSA) is 67.9 Å². The van der Waals surface area contributed by atoms with Gasteiger partial charge < -0.3 is 19.7 Å². The highest BCUT2D eigenvalue weighted by Crippen LogP contribution is 2.21. The van der Waals surface area contributed by atoms with Crippen LogP contribution in [0, 0.1) is 0 Å². The van der Waals surface area contributed by atoms with Crippen LogP contribution in [0.4, 0.5) is 13.6 Å². The first kappa shape index (κ1) is 21.7. The van der Waals surface area contributed by atoms with Crippen LogP contribution in [-0.2, 0) is 9.53 Å². The molecule has 154 valence electrons. The number of rotatable bonds is 5. The summed E-state index contributed by atoms with van der Waals surface area (Å²) in [5, 5.41) is 2.86. The van der Waals surface area contributed by atoms with Crippen molar-refractivity contribution in [3.05, 3.63) is 35.9 Å². The molecular weight excluding hydrogens is 370 g/mol. The number of ether oxygens (including phenoxy) is 2. The number of nitrogens with one attached hydrogen (secondary N) is 1. The van der Waals surface area contributed by atoms with Crippen molar-refractivity contribution < 1.29 is 27.8 Å². The summed E-state index contributed by atoms with van der Waals surface area (Å²) < 4.78 is 34.6. The largest absolute Gasteiger partial charge is 0.444 e. The minimum atomic E-state index is -2.93. The molecule has 28 heavy (non-hydrogen) atoms. The second-order valence-electron chi connectivity index (χ2n) is 7.50. The standard InChI is InChI=1S/C20H26F2N2O4/c1-20(2,3)28-19(26)24-12-10-15(11-13-24)23-17(25)9-8-14-6-4-5-7-16(14)27-18(21)22/h4-9,15,18H,10-13H2,1-3H3,(H,23,25). The quantitative estimate of drug-likeness (QED) is 0.769. The predicted molar refractivity (Wildman–Crippen MR) is 101 cm³/mol. The van der Waals surface area contributed by atoms with E-state index >= 15 is 0 Å². The third-order valence-corrected chi connectivity index (χ3v) is 4.04. The van der Waals surface area contributed by atoms with Crippen LogP contribution in [0.2, 0.25) is 0 Å². The van der Waals surface area contributed by atoms with Crippen molar-refractivity contribution in [1.29, 1.82) is 0 Å². The van der Waals surface area contributed by atoms with Crippen molar-refractivity contribution >= 4 is 18.1 Å². The van der Waals surface area contributed by atoms with Crippen LogP contribution in [0.3, 0.4) is 0 Å². The molecule has 1 saturated heterocycles.